The van der Waals surface area contributed by atoms with Gasteiger partial charge < -0.3 is 0 Å². The Balaban J connectivity index is 0. The van der Waals surface area contributed by atoms with Crippen molar-refractivity contribution in [3.63, 3.8) is 0 Å². The SMILES string of the molecule is CCCCCCC.N#N. The minimum atomic E-state index is 1.36. The average molecular weight is 128 g/mol. The Hall–Kier alpha value is -0.580. The quantitative estimate of drug-likeness (QED) is 0.431. The molecule has 0 fully saturated rings. The van der Waals surface area contributed by atoms with Gasteiger partial charge in [0.1, 0.15) is 0 Å². The van der Waals surface area contributed by atoms with E-state index in [9.17, 15) is 0 Å². The lowest BCUT2D eigenvalue weighted by atomic mass is 10.2. The lowest BCUT2D eigenvalue weighted by Crippen LogP contribution is -1.70. The van der Waals surface area contributed by atoms with Gasteiger partial charge in [0.25, 0.3) is 0 Å². The van der Waals surface area contributed by atoms with Gasteiger partial charge >= 0.3 is 0 Å². The maximum Gasteiger partial charge on any atom is 0 e. The van der Waals surface area contributed by atoms with E-state index in [1.807, 2.05) is 0 Å². The van der Waals surface area contributed by atoms with Crippen LogP contribution in [0.15, 0.2) is 0 Å². The molecule has 0 saturated heterocycles. The zero-order chi connectivity index (χ0) is 7.54. The van der Waals surface area contributed by atoms with Crippen LogP contribution >= 0.6 is 0 Å². The van der Waals surface area contributed by atoms with Gasteiger partial charge in [-0.1, -0.05) is 46.0 Å². The van der Waals surface area contributed by atoms with Crippen LogP contribution in [0.25, 0.3) is 0 Å². The molecule has 0 spiro atoms. The van der Waals surface area contributed by atoms with E-state index in [2.05, 4.69) is 13.8 Å². The molecule has 0 amide bonds. The van der Waals surface area contributed by atoms with E-state index in [1.54, 1.807) is 0 Å². The van der Waals surface area contributed by atoms with Crippen molar-refractivity contribution >= 4 is 0 Å². The summed E-state index contributed by atoms with van der Waals surface area (Å²) in [5.74, 6) is 0. The average Bonchev–Trinajstić information content (AvgIpc) is 1.94. The topological polar surface area (TPSA) is 47.6 Å². The molecule has 0 aliphatic rings. The highest BCUT2D eigenvalue weighted by Gasteiger charge is 1.80. The minimum absolute atomic E-state index is 1.36. The monoisotopic (exact) mass is 128 g/mol. The summed E-state index contributed by atoms with van der Waals surface area (Å²) in [5.41, 5.74) is 0. The van der Waals surface area contributed by atoms with Crippen molar-refractivity contribution in [2.75, 3.05) is 0 Å². The Morgan fingerprint density at radius 2 is 1.11 bits per heavy atom. The van der Waals surface area contributed by atoms with Crippen molar-refractivity contribution in [3.05, 3.63) is 0 Å². The number of unbranched alkanes of at least 4 members (excludes halogenated alkanes) is 4. The Labute approximate surface area is 57.7 Å². The lowest BCUT2D eigenvalue weighted by Gasteiger charge is -1.90. The molecule has 54 valence electrons. The maximum atomic E-state index is 6.00. The van der Waals surface area contributed by atoms with Crippen LogP contribution in [0.4, 0.5) is 0 Å². The molecule has 0 heterocycles. The summed E-state index contributed by atoms with van der Waals surface area (Å²) < 4.78 is 0. The first-order valence-corrected chi connectivity index (χ1v) is 3.61. The van der Waals surface area contributed by atoms with Gasteiger partial charge in [-0.2, -0.15) is 0 Å². The first-order chi connectivity index (χ1) is 4.41. The van der Waals surface area contributed by atoms with Crippen LogP contribution in [0.1, 0.15) is 46.0 Å². The molecule has 0 aliphatic carbocycles. The normalized spacial score (nSPS) is 7.56. The third kappa shape index (κ3) is 18.6. The summed E-state index contributed by atoms with van der Waals surface area (Å²) in [5, 5.41) is 12.0. The second-order valence-electron chi connectivity index (χ2n) is 2.06. The molecule has 0 aromatic carbocycles. The van der Waals surface area contributed by atoms with Crippen LogP contribution in [-0.2, 0) is 0 Å². The lowest BCUT2D eigenvalue weighted by molar-refractivity contribution is 0.656. The Morgan fingerprint density at radius 1 is 0.778 bits per heavy atom. The number of hydrogen-bond acceptors (Lipinski definition) is 2. The van der Waals surface area contributed by atoms with Gasteiger partial charge in [-0.3, -0.25) is 0 Å². The number of hydrogen-bond donors (Lipinski definition) is 0. The van der Waals surface area contributed by atoms with Crippen molar-refractivity contribution in [1.82, 2.24) is 0 Å². The molecular weight excluding hydrogens is 112 g/mol. The van der Waals surface area contributed by atoms with E-state index < -0.39 is 0 Å². The molecule has 2 heteroatoms. The highest BCUT2D eigenvalue weighted by Crippen LogP contribution is 2.00. The molecule has 0 bridgehead atoms. The van der Waals surface area contributed by atoms with E-state index in [-0.39, 0.29) is 0 Å². The molecule has 0 radical (unpaired) electrons. The fraction of sp³-hybridized carbons (Fsp3) is 1.00. The predicted octanol–water partition coefficient (Wildman–Crippen LogP) is 3.01. The van der Waals surface area contributed by atoms with E-state index in [4.69, 9.17) is 10.8 Å². The summed E-state index contributed by atoms with van der Waals surface area (Å²) in [7, 11) is 0. The van der Waals surface area contributed by atoms with Gasteiger partial charge in [-0.05, 0) is 0 Å². The van der Waals surface area contributed by atoms with E-state index in [0.717, 1.165) is 0 Å². The van der Waals surface area contributed by atoms with E-state index in [1.165, 1.54) is 32.1 Å². The predicted molar refractivity (Wildman–Crippen MR) is 37.9 cm³/mol. The number of nitrogens with zero attached hydrogens (tertiary/aromatic N) is 2. The molecular formula is C7H16N2. The standard InChI is InChI=1S/C7H16.N2/c1-3-5-7-6-4-2;1-2/h3-7H2,1-2H3;. The van der Waals surface area contributed by atoms with Crippen molar-refractivity contribution in [2.24, 2.45) is 0 Å². The first kappa shape index (κ1) is 11.2. The van der Waals surface area contributed by atoms with Crippen molar-refractivity contribution in [1.29, 1.82) is 10.8 Å². The fourth-order valence-corrected chi connectivity index (χ4v) is 0.677. The smallest absolute Gasteiger partial charge is 0 e. The first-order valence-electron chi connectivity index (χ1n) is 3.61. The van der Waals surface area contributed by atoms with E-state index in [0.29, 0.717) is 0 Å². The second kappa shape index (κ2) is 15.7. The second-order valence-corrected chi connectivity index (χ2v) is 2.06. The van der Waals surface area contributed by atoms with Crippen LogP contribution in [0.2, 0.25) is 0 Å². The summed E-state index contributed by atoms with van der Waals surface area (Å²) in [6.07, 6.45) is 7.01. The third-order valence-electron chi connectivity index (χ3n) is 1.21. The highest BCUT2D eigenvalue weighted by molar-refractivity contribution is 4.35. The molecule has 9 heavy (non-hydrogen) atoms. The molecule has 0 atom stereocenters. The van der Waals surface area contributed by atoms with Crippen LogP contribution in [-0.4, -0.2) is 0 Å². The van der Waals surface area contributed by atoms with Crippen LogP contribution in [0.3, 0.4) is 0 Å². The molecule has 0 aromatic rings. The fourth-order valence-electron chi connectivity index (χ4n) is 0.677. The Kier molecular flexibility index (Phi) is 19.6. The highest BCUT2D eigenvalue weighted by atomic mass is 14.6. The van der Waals surface area contributed by atoms with Gasteiger partial charge in [0.15, 0.2) is 0 Å². The zero-order valence-electron chi connectivity index (χ0n) is 6.43. The van der Waals surface area contributed by atoms with E-state index >= 15 is 0 Å². The van der Waals surface area contributed by atoms with Gasteiger partial charge in [0.05, 0.1) is 0 Å². The van der Waals surface area contributed by atoms with Gasteiger partial charge in [-0.25, -0.2) is 0 Å². The van der Waals surface area contributed by atoms with Crippen molar-refractivity contribution in [2.45, 2.75) is 46.0 Å². The molecule has 0 aromatic heterocycles. The molecule has 0 N–H and O–H groups in total. The van der Waals surface area contributed by atoms with Gasteiger partial charge in [0.2, 0.25) is 0 Å². The molecule has 0 aliphatic heterocycles. The summed E-state index contributed by atoms with van der Waals surface area (Å²) in [6.45, 7) is 4.49. The third-order valence-corrected chi connectivity index (χ3v) is 1.21. The van der Waals surface area contributed by atoms with Crippen LogP contribution in [0.5, 0.6) is 0 Å². The van der Waals surface area contributed by atoms with Gasteiger partial charge in [-0.15, -0.1) is 0 Å². The minimum Gasteiger partial charge on any atom is -0.0654 e. The van der Waals surface area contributed by atoms with Crippen molar-refractivity contribution < 1.29 is 0 Å². The molecule has 0 rings (SSSR count). The van der Waals surface area contributed by atoms with Crippen LogP contribution in [0, 0.1) is 10.8 Å². The summed E-state index contributed by atoms with van der Waals surface area (Å²) >= 11 is 0. The summed E-state index contributed by atoms with van der Waals surface area (Å²) in [4.78, 5) is 0. The van der Waals surface area contributed by atoms with Crippen molar-refractivity contribution in [3.8, 4) is 0 Å². The maximum absolute atomic E-state index is 6.00. The Morgan fingerprint density at radius 3 is 1.33 bits per heavy atom. The number of rotatable bonds is 4. The largest absolute Gasteiger partial charge is 0.0654 e. The molecule has 0 saturated carbocycles. The van der Waals surface area contributed by atoms with Crippen LogP contribution < -0.4 is 0 Å². The zero-order valence-corrected chi connectivity index (χ0v) is 6.43. The summed E-state index contributed by atoms with van der Waals surface area (Å²) in [6, 6.07) is 0. The molecule has 2 nitrogen and oxygen atoms in total. The van der Waals surface area contributed by atoms with Gasteiger partial charge in [0, 0.05) is 10.8 Å². The Bertz CT molecular complexity index is 46.1. The molecule has 0 unspecified atom stereocenters.